The molecule has 23 heavy (non-hydrogen) atoms. The van der Waals surface area contributed by atoms with Crippen LogP contribution in [0.15, 0.2) is 30.3 Å². The van der Waals surface area contributed by atoms with Gasteiger partial charge in [0.05, 0.1) is 0 Å². The lowest BCUT2D eigenvalue weighted by Crippen LogP contribution is -1.98. The van der Waals surface area contributed by atoms with E-state index in [0.717, 1.165) is 5.75 Å². The highest BCUT2D eigenvalue weighted by Crippen LogP contribution is 2.34. The minimum atomic E-state index is 0.679. The second-order valence-corrected chi connectivity index (χ2v) is 9.78. The molecule has 0 aliphatic rings. The van der Waals surface area contributed by atoms with Gasteiger partial charge in [0.25, 0.3) is 0 Å². The van der Waals surface area contributed by atoms with E-state index in [4.69, 9.17) is 0 Å². The molecule has 0 radical (unpaired) electrons. The maximum absolute atomic E-state index is 4.27. The number of rotatable bonds is 15. The van der Waals surface area contributed by atoms with E-state index in [0.29, 0.717) is 5.25 Å². The molecule has 0 spiro atoms. The smallest absolute Gasteiger partial charge is 0.0297 e. The first-order valence-corrected chi connectivity index (χ1v) is 12.8. The van der Waals surface area contributed by atoms with Crippen LogP contribution in [0.2, 0.25) is 0 Å². The molecular weight excluding hydrogens is 356 g/mol. The zero-order valence-corrected chi connectivity index (χ0v) is 17.8. The quantitative estimate of drug-likeness (QED) is 0.258. The molecule has 0 N–H and O–H groups in total. The molecule has 0 saturated heterocycles. The van der Waals surface area contributed by atoms with Crippen LogP contribution in [0.4, 0.5) is 0 Å². The van der Waals surface area contributed by atoms with E-state index in [1.807, 2.05) is 11.8 Å². The maximum atomic E-state index is 4.27. The summed E-state index contributed by atoms with van der Waals surface area (Å²) in [4.78, 5) is 0. The molecule has 0 aromatic heterocycles. The van der Waals surface area contributed by atoms with Gasteiger partial charge in [0.15, 0.2) is 0 Å². The molecule has 0 saturated carbocycles. The van der Waals surface area contributed by atoms with Gasteiger partial charge < -0.3 is 0 Å². The molecule has 1 atom stereocenters. The minimum absolute atomic E-state index is 0.679. The molecule has 1 rings (SSSR count). The predicted octanol–water partition coefficient (Wildman–Crippen LogP) is 6.83. The largest absolute Gasteiger partial charge is 0.179 e. The average Bonchev–Trinajstić information content (AvgIpc) is 2.60. The van der Waals surface area contributed by atoms with Gasteiger partial charge in [-0.2, -0.15) is 47.9 Å². The summed E-state index contributed by atoms with van der Waals surface area (Å²) < 4.78 is 0. The molecule has 4 heteroatoms. The Labute approximate surface area is 162 Å². The van der Waals surface area contributed by atoms with Gasteiger partial charge >= 0.3 is 0 Å². The molecule has 0 amide bonds. The van der Waals surface area contributed by atoms with E-state index >= 15 is 0 Å². The third kappa shape index (κ3) is 11.7. The van der Waals surface area contributed by atoms with Crippen molar-refractivity contribution in [3.8, 4) is 0 Å². The number of hydrogen-bond donors (Lipinski definition) is 1. The number of benzene rings is 1. The van der Waals surface area contributed by atoms with Gasteiger partial charge in [-0.05, 0) is 42.1 Å². The molecule has 0 nitrogen and oxygen atoms in total. The monoisotopic (exact) mass is 388 g/mol. The van der Waals surface area contributed by atoms with E-state index in [9.17, 15) is 0 Å². The summed E-state index contributed by atoms with van der Waals surface area (Å²) >= 11 is 10.6. The highest BCUT2D eigenvalue weighted by Gasteiger charge is 2.11. The van der Waals surface area contributed by atoms with Gasteiger partial charge in [-0.1, -0.05) is 50.1 Å². The lowest BCUT2D eigenvalue weighted by atomic mass is 10.1. The fourth-order valence-corrected chi connectivity index (χ4v) is 5.96. The SMILES string of the molecule is CCCCSCCSC(CCCCSCCS)c1ccccc1. The topological polar surface area (TPSA) is 0 Å². The van der Waals surface area contributed by atoms with Crippen LogP contribution in [0.1, 0.15) is 49.8 Å². The molecule has 0 fully saturated rings. The highest BCUT2D eigenvalue weighted by molar-refractivity contribution is 8.03. The highest BCUT2D eigenvalue weighted by atomic mass is 32.2. The lowest BCUT2D eigenvalue weighted by Gasteiger charge is -2.17. The Balaban J connectivity index is 2.26. The van der Waals surface area contributed by atoms with E-state index in [1.165, 1.54) is 66.4 Å². The van der Waals surface area contributed by atoms with Crippen LogP contribution in [0.3, 0.4) is 0 Å². The number of thioether (sulfide) groups is 3. The van der Waals surface area contributed by atoms with Crippen LogP contribution in [0.25, 0.3) is 0 Å². The number of hydrogen-bond acceptors (Lipinski definition) is 4. The first kappa shape index (κ1) is 21.7. The van der Waals surface area contributed by atoms with Crippen molar-refractivity contribution >= 4 is 47.9 Å². The maximum Gasteiger partial charge on any atom is 0.0297 e. The summed E-state index contributed by atoms with van der Waals surface area (Å²) in [6.07, 6.45) is 6.68. The predicted molar refractivity (Wildman–Crippen MR) is 119 cm³/mol. The molecule has 0 heterocycles. The second-order valence-electron chi connectivity index (χ2n) is 5.57. The van der Waals surface area contributed by atoms with Crippen molar-refractivity contribution in [3.05, 3.63) is 35.9 Å². The standard InChI is InChI=1S/C19H32S4/c1-2-3-13-22-16-17-23-19(18-9-5-4-6-10-18)11-7-8-14-21-15-12-20/h4-6,9-10,19-20H,2-3,7-8,11-17H2,1H3. The van der Waals surface area contributed by atoms with Crippen LogP contribution >= 0.6 is 47.9 Å². The zero-order chi connectivity index (χ0) is 16.6. The van der Waals surface area contributed by atoms with Gasteiger partial charge in [0.1, 0.15) is 0 Å². The summed E-state index contributed by atoms with van der Waals surface area (Å²) in [6.45, 7) is 2.27. The Morgan fingerprint density at radius 1 is 0.870 bits per heavy atom. The first-order valence-electron chi connectivity index (χ1n) is 8.81. The van der Waals surface area contributed by atoms with Gasteiger partial charge in [-0.25, -0.2) is 0 Å². The van der Waals surface area contributed by atoms with E-state index < -0.39 is 0 Å². The van der Waals surface area contributed by atoms with Crippen molar-refractivity contribution in [1.82, 2.24) is 0 Å². The summed E-state index contributed by atoms with van der Waals surface area (Å²) in [6, 6.07) is 11.1. The Morgan fingerprint density at radius 3 is 2.35 bits per heavy atom. The third-order valence-electron chi connectivity index (χ3n) is 3.60. The number of unbranched alkanes of at least 4 members (excludes halogenated alkanes) is 2. The molecule has 132 valence electrons. The Bertz CT molecular complexity index is 340. The van der Waals surface area contributed by atoms with Crippen molar-refractivity contribution in [2.45, 2.75) is 44.3 Å². The molecule has 1 unspecified atom stereocenters. The summed E-state index contributed by atoms with van der Waals surface area (Å²) in [7, 11) is 0. The summed E-state index contributed by atoms with van der Waals surface area (Å²) in [5, 5.41) is 0.679. The van der Waals surface area contributed by atoms with Crippen molar-refractivity contribution in [2.24, 2.45) is 0 Å². The van der Waals surface area contributed by atoms with Crippen LogP contribution in [-0.4, -0.2) is 34.5 Å². The lowest BCUT2D eigenvalue weighted by molar-refractivity contribution is 0.711. The Morgan fingerprint density at radius 2 is 1.61 bits per heavy atom. The summed E-state index contributed by atoms with van der Waals surface area (Å²) in [5.74, 6) is 7.39. The van der Waals surface area contributed by atoms with E-state index in [2.05, 4.69) is 73.4 Å². The molecule has 1 aromatic rings. The average molecular weight is 389 g/mol. The van der Waals surface area contributed by atoms with Gasteiger partial charge in [-0.15, -0.1) is 0 Å². The Hall–Kier alpha value is 0.620. The molecule has 0 bridgehead atoms. The van der Waals surface area contributed by atoms with Crippen molar-refractivity contribution in [1.29, 1.82) is 0 Å². The van der Waals surface area contributed by atoms with Crippen LogP contribution < -0.4 is 0 Å². The first-order chi connectivity index (χ1) is 11.4. The van der Waals surface area contributed by atoms with Crippen LogP contribution in [0.5, 0.6) is 0 Å². The normalized spacial score (nSPS) is 12.4. The molecule has 0 aliphatic heterocycles. The summed E-state index contributed by atoms with van der Waals surface area (Å²) in [5.41, 5.74) is 1.51. The molecular formula is C19H32S4. The fraction of sp³-hybridized carbons (Fsp3) is 0.684. The third-order valence-corrected chi connectivity index (χ3v) is 7.88. The van der Waals surface area contributed by atoms with Crippen LogP contribution in [0, 0.1) is 0 Å². The number of thiol groups is 1. The zero-order valence-electron chi connectivity index (χ0n) is 14.4. The van der Waals surface area contributed by atoms with E-state index in [1.54, 1.807) is 0 Å². The van der Waals surface area contributed by atoms with E-state index in [-0.39, 0.29) is 0 Å². The van der Waals surface area contributed by atoms with Crippen molar-refractivity contribution in [2.75, 3.05) is 34.5 Å². The molecule has 1 aromatic carbocycles. The van der Waals surface area contributed by atoms with Gasteiger partial charge in [0.2, 0.25) is 0 Å². The van der Waals surface area contributed by atoms with Gasteiger partial charge in [0, 0.05) is 22.5 Å². The Kier molecular flexibility index (Phi) is 15.2. The van der Waals surface area contributed by atoms with Crippen LogP contribution in [-0.2, 0) is 0 Å². The second kappa shape index (κ2) is 16.1. The molecule has 0 aliphatic carbocycles. The van der Waals surface area contributed by atoms with Gasteiger partial charge in [-0.3, -0.25) is 0 Å². The van der Waals surface area contributed by atoms with Crippen molar-refractivity contribution in [3.63, 3.8) is 0 Å². The minimum Gasteiger partial charge on any atom is -0.179 e. The fourth-order valence-electron chi connectivity index (χ4n) is 2.31. The van der Waals surface area contributed by atoms with Crippen molar-refractivity contribution < 1.29 is 0 Å².